The van der Waals surface area contributed by atoms with Crippen molar-refractivity contribution < 1.29 is 19.0 Å². The molecule has 0 bridgehead atoms. The molecule has 8 heteroatoms. The number of carbonyl (C=O) groups excluding carboxylic acids is 1. The maximum absolute atomic E-state index is 14.4. The van der Waals surface area contributed by atoms with Crippen molar-refractivity contribution in [1.82, 2.24) is 15.3 Å². The van der Waals surface area contributed by atoms with Crippen LogP contribution in [0.25, 0.3) is 10.8 Å². The zero-order chi connectivity index (χ0) is 19.5. The fourth-order valence-electron chi connectivity index (χ4n) is 3.16. The van der Waals surface area contributed by atoms with Gasteiger partial charge in [-0.15, -0.1) is 0 Å². The highest BCUT2D eigenvalue weighted by Gasteiger charge is 2.18. The number of rotatable bonds is 4. The van der Waals surface area contributed by atoms with Gasteiger partial charge in [0.1, 0.15) is 0 Å². The van der Waals surface area contributed by atoms with E-state index in [2.05, 4.69) is 15.3 Å². The SMILES string of the molecule is O=C(NCc1cnc(N2CCOCC2)c(F)c1)c1ncc2ccccc2c1O. The number of halogens is 1. The number of pyridine rings is 2. The Labute approximate surface area is 160 Å². The van der Waals surface area contributed by atoms with E-state index in [4.69, 9.17) is 4.74 Å². The van der Waals surface area contributed by atoms with Crippen molar-refractivity contribution in [1.29, 1.82) is 0 Å². The zero-order valence-corrected chi connectivity index (χ0v) is 15.1. The largest absolute Gasteiger partial charge is 0.505 e. The lowest BCUT2D eigenvalue weighted by atomic mass is 10.1. The van der Waals surface area contributed by atoms with Crippen molar-refractivity contribution in [3.63, 3.8) is 0 Å². The second-order valence-corrected chi connectivity index (χ2v) is 6.47. The molecule has 1 amide bonds. The number of ether oxygens (including phenoxy) is 1. The Kier molecular flexibility index (Phi) is 5.03. The van der Waals surface area contributed by atoms with E-state index in [0.717, 1.165) is 5.39 Å². The molecule has 3 aromatic rings. The van der Waals surface area contributed by atoms with E-state index in [9.17, 15) is 14.3 Å². The molecular formula is C20H19FN4O3. The maximum atomic E-state index is 14.4. The maximum Gasteiger partial charge on any atom is 0.274 e. The van der Waals surface area contributed by atoms with Gasteiger partial charge in [-0.3, -0.25) is 4.79 Å². The highest BCUT2D eigenvalue weighted by Crippen LogP contribution is 2.26. The van der Waals surface area contributed by atoms with Crippen LogP contribution in [-0.4, -0.2) is 47.3 Å². The van der Waals surface area contributed by atoms with E-state index in [1.54, 1.807) is 18.2 Å². The van der Waals surface area contributed by atoms with Crippen LogP contribution in [0, 0.1) is 5.82 Å². The Balaban J connectivity index is 1.46. The zero-order valence-electron chi connectivity index (χ0n) is 15.1. The second-order valence-electron chi connectivity index (χ2n) is 6.47. The Morgan fingerprint density at radius 2 is 2.00 bits per heavy atom. The first-order chi connectivity index (χ1) is 13.6. The van der Waals surface area contributed by atoms with Gasteiger partial charge in [0.15, 0.2) is 23.1 Å². The Morgan fingerprint density at radius 3 is 2.79 bits per heavy atom. The molecule has 1 fully saturated rings. The molecule has 2 N–H and O–H groups in total. The lowest BCUT2D eigenvalue weighted by Gasteiger charge is -2.28. The molecule has 0 spiro atoms. The third-order valence-electron chi connectivity index (χ3n) is 4.63. The molecule has 0 aliphatic carbocycles. The number of anilines is 1. The molecule has 1 saturated heterocycles. The third kappa shape index (κ3) is 3.59. The Morgan fingerprint density at radius 1 is 1.21 bits per heavy atom. The molecule has 2 aromatic heterocycles. The predicted molar refractivity (Wildman–Crippen MR) is 102 cm³/mol. The monoisotopic (exact) mass is 382 g/mol. The molecule has 1 aliphatic rings. The van der Waals surface area contributed by atoms with Crippen molar-refractivity contribution in [2.24, 2.45) is 0 Å². The standard InChI is InChI=1S/C20H19FN4O3/c21-16-9-13(10-23-19(16)25-5-7-28-8-6-25)11-24-20(27)17-18(26)15-4-2-1-3-14(15)12-22-17/h1-4,9-10,12,26H,5-8,11H2,(H,24,27). The number of benzene rings is 1. The van der Waals surface area contributed by atoms with E-state index in [1.807, 2.05) is 11.0 Å². The van der Waals surface area contributed by atoms with Gasteiger partial charge in [0, 0.05) is 42.8 Å². The smallest absolute Gasteiger partial charge is 0.274 e. The number of nitrogens with zero attached hydrogens (tertiary/aromatic N) is 3. The first kappa shape index (κ1) is 18.1. The molecule has 144 valence electrons. The summed E-state index contributed by atoms with van der Waals surface area (Å²) >= 11 is 0. The van der Waals surface area contributed by atoms with Crippen LogP contribution in [0.1, 0.15) is 16.1 Å². The molecule has 0 saturated carbocycles. The van der Waals surface area contributed by atoms with Crippen LogP contribution in [0.5, 0.6) is 5.75 Å². The summed E-state index contributed by atoms with van der Waals surface area (Å²) in [6.07, 6.45) is 3.06. The molecule has 0 atom stereocenters. The quantitative estimate of drug-likeness (QED) is 0.720. The molecule has 28 heavy (non-hydrogen) atoms. The van der Waals surface area contributed by atoms with Gasteiger partial charge in [-0.05, 0) is 11.6 Å². The first-order valence-electron chi connectivity index (χ1n) is 8.95. The van der Waals surface area contributed by atoms with E-state index in [1.165, 1.54) is 18.5 Å². The van der Waals surface area contributed by atoms with Gasteiger partial charge < -0.3 is 20.1 Å². The summed E-state index contributed by atoms with van der Waals surface area (Å²) in [6.45, 7) is 2.34. The molecule has 7 nitrogen and oxygen atoms in total. The number of amides is 1. The summed E-state index contributed by atoms with van der Waals surface area (Å²) < 4.78 is 19.7. The van der Waals surface area contributed by atoms with Crippen LogP contribution in [0.4, 0.5) is 10.2 Å². The minimum atomic E-state index is -0.541. The topological polar surface area (TPSA) is 87.6 Å². The van der Waals surface area contributed by atoms with Crippen molar-refractivity contribution >= 4 is 22.5 Å². The summed E-state index contributed by atoms with van der Waals surface area (Å²) in [5.41, 5.74) is 0.445. The summed E-state index contributed by atoms with van der Waals surface area (Å²) in [4.78, 5) is 22.5. The van der Waals surface area contributed by atoms with Crippen LogP contribution in [0.2, 0.25) is 0 Å². The Bertz CT molecular complexity index is 1020. The van der Waals surface area contributed by atoms with Crippen molar-refractivity contribution in [3.05, 3.63) is 59.8 Å². The fraction of sp³-hybridized carbons (Fsp3) is 0.250. The number of hydrogen-bond donors (Lipinski definition) is 2. The molecule has 1 aliphatic heterocycles. The number of hydrogen-bond acceptors (Lipinski definition) is 6. The number of aromatic nitrogens is 2. The normalized spacial score (nSPS) is 14.2. The summed E-state index contributed by atoms with van der Waals surface area (Å²) in [5.74, 6) is -0.879. The highest BCUT2D eigenvalue weighted by atomic mass is 19.1. The molecular weight excluding hydrogens is 363 g/mol. The van der Waals surface area contributed by atoms with E-state index < -0.39 is 11.7 Å². The predicted octanol–water partition coefficient (Wildman–Crippen LogP) is 2.24. The van der Waals surface area contributed by atoms with Gasteiger partial charge in [0.25, 0.3) is 5.91 Å². The number of carbonyl (C=O) groups is 1. The van der Waals surface area contributed by atoms with Crippen molar-refractivity contribution in [2.75, 3.05) is 31.2 Å². The molecule has 4 rings (SSSR count). The van der Waals surface area contributed by atoms with E-state index in [0.29, 0.717) is 37.3 Å². The summed E-state index contributed by atoms with van der Waals surface area (Å²) in [7, 11) is 0. The Hall–Kier alpha value is -3.26. The summed E-state index contributed by atoms with van der Waals surface area (Å²) in [6, 6.07) is 8.46. The van der Waals surface area contributed by atoms with Gasteiger partial charge in [0.05, 0.1) is 13.2 Å². The van der Waals surface area contributed by atoms with Gasteiger partial charge in [-0.1, -0.05) is 24.3 Å². The van der Waals surface area contributed by atoms with E-state index >= 15 is 0 Å². The average molecular weight is 382 g/mol. The molecule has 1 aromatic carbocycles. The van der Waals surface area contributed by atoms with Gasteiger partial charge >= 0.3 is 0 Å². The van der Waals surface area contributed by atoms with Crippen molar-refractivity contribution in [3.8, 4) is 5.75 Å². The number of fused-ring (bicyclic) bond motifs is 1. The lowest BCUT2D eigenvalue weighted by Crippen LogP contribution is -2.37. The van der Waals surface area contributed by atoms with Crippen LogP contribution < -0.4 is 10.2 Å². The molecule has 3 heterocycles. The van der Waals surface area contributed by atoms with Crippen LogP contribution >= 0.6 is 0 Å². The fourth-order valence-corrected chi connectivity index (χ4v) is 3.16. The molecule has 0 radical (unpaired) electrons. The van der Waals surface area contributed by atoms with Crippen LogP contribution in [0.15, 0.2) is 42.7 Å². The van der Waals surface area contributed by atoms with E-state index in [-0.39, 0.29) is 23.8 Å². The molecule has 0 unspecified atom stereocenters. The second kappa shape index (κ2) is 7.77. The lowest BCUT2D eigenvalue weighted by molar-refractivity contribution is 0.0943. The number of nitrogens with one attached hydrogen (secondary N) is 1. The van der Waals surface area contributed by atoms with Gasteiger partial charge in [0.2, 0.25) is 0 Å². The third-order valence-corrected chi connectivity index (χ3v) is 4.63. The minimum Gasteiger partial charge on any atom is -0.505 e. The number of morpholine rings is 1. The van der Waals surface area contributed by atoms with Crippen LogP contribution in [0.3, 0.4) is 0 Å². The van der Waals surface area contributed by atoms with Gasteiger partial charge in [-0.25, -0.2) is 14.4 Å². The average Bonchev–Trinajstić information content (AvgIpc) is 2.73. The first-order valence-corrected chi connectivity index (χ1v) is 8.95. The number of aromatic hydroxyl groups is 1. The van der Waals surface area contributed by atoms with Crippen LogP contribution in [-0.2, 0) is 11.3 Å². The minimum absolute atomic E-state index is 0.0695. The highest BCUT2D eigenvalue weighted by molar-refractivity contribution is 6.01. The van der Waals surface area contributed by atoms with Gasteiger partial charge in [-0.2, -0.15) is 0 Å². The summed E-state index contributed by atoms with van der Waals surface area (Å²) in [5, 5.41) is 14.3. The van der Waals surface area contributed by atoms with Crippen molar-refractivity contribution in [2.45, 2.75) is 6.54 Å².